The maximum Gasteiger partial charge on any atom is 0.293 e. The predicted octanol–water partition coefficient (Wildman–Crippen LogP) is 3.82. The summed E-state index contributed by atoms with van der Waals surface area (Å²) < 4.78 is 0. The largest absolute Gasteiger partial charge is 0.366 e. The van der Waals surface area contributed by atoms with Crippen LogP contribution in [0.15, 0.2) is 48.5 Å². The SMILES string of the molecule is O=C(c1ccccc1)c1ccc(N2CCCCC2)c([N+](=O)[O-])c1. The highest BCUT2D eigenvalue weighted by molar-refractivity contribution is 6.09. The van der Waals surface area contributed by atoms with Crippen molar-refractivity contribution in [1.29, 1.82) is 0 Å². The van der Waals surface area contributed by atoms with Gasteiger partial charge in [0, 0.05) is 30.3 Å². The lowest BCUT2D eigenvalue weighted by molar-refractivity contribution is -0.384. The van der Waals surface area contributed by atoms with Gasteiger partial charge in [0.15, 0.2) is 5.78 Å². The third-order valence-electron chi connectivity index (χ3n) is 4.17. The molecule has 23 heavy (non-hydrogen) atoms. The molecule has 0 aromatic heterocycles. The number of nitrogens with zero attached hydrogens (tertiary/aromatic N) is 2. The minimum absolute atomic E-state index is 0.00804. The van der Waals surface area contributed by atoms with Crippen LogP contribution in [0.25, 0.3) is 0 Å². The monoisotopic (exact) mass is 310 g/mol. The lowest BCUT2D eigenvalue weighted by Gasteiger charge is -2.28. The summed E-state index contributed by atoms with van der Waals surface area (Å²) in [5.74, 6) is -0.195. The standard InChI is InChI=1S/C18H18N2O3/c21-18(14-7-3-1-4-8-14)15-9-10-16(17(13-15)20(22)23)19-11-5-2-6-12-19/h1,3-4,7-10,13H,2,5-6,11-12H2. The summed E-state index contributed by atoms with van der Waals surface area (Å²) >= 11 is 0. The van der Waals surface area contributed by atoms with Crippen LogP contribution < -0.4 is 4.90 Å². The molecule has 0 spiro atoms. The molecular formula is C18H18N2O3. The van der Waals surface area contributed by atoms with E-state index in [1.165, 1.54) is 6.07 Å². The molecule has 0 bridgehead atoms. The van der Waals surface area contributed by atoms with Crippen molar-refractivity contribution in [3.63, 3.8) is 0 Å². The molecule has 0 atom stereocenters. The van der Waals surface area contributed by atoms with Crippen molar-refractivity contribution in [2.24, 2.45) is 0 Å². The van der Waals surface area contributed by atoms with E-state index in [9.17, 15) is 14.9 Å². The highest BCUT2D eigenvalue weighted by Gasteiger charge is 2.23. The molecule has 0 aliphatic carbocycles. The Balaban J connectivity index is 1.96. The fourth-order valence-electron chi connectivity index (χ4n) is 2.97. The molecule has 0 N–H and O–H groups in total. The fourth-order valence-corrected chi connectivity index (χ4v) is 2.97. The molecule has 0 amide bonds. The van der Waals surface area contributed by atoms with Crippen molar-refractivity contribution in [2.45, 2.75) is 19.3 Å². The van der Waals surface area contributed by atoms with Gasteiger partial charge in [-0.05, 0) is 31.4 Å². The van der Waals surface area contributed by atoms with Crippen molar-refractivity contribution >= 4 is 17.2 Å². The first-order valence-corrected chi connectivity index (χ1v) is 7.80. The van der Waals surface area contributed by atoms with E-state index in [0.29, 0.717) is 16.8 Å². The lowest BCUT2D eigenvalue weighted by Crippen LogP contribution is -2.30. The molecule has 0 saturated carbocycles. The van der Waals surface area contributed by atoms with Gasteiger partial charge < -0.3 is 4.90 Å². The molecule has 1 saturated heterocycles. The van der Waals surface area contributed by atoms with E-state index in [2.05, 4.69) is 0 Å². The van der Waals surface area contributed by atoms with E-state index >= 15 is 0 Å². The number of nitro benzene ring substituents is 1. The van der Waals surface area contributed by atoms with Crippen molar-refractivity contribution in [3.05, 3.63) is 69.8 Å². The average Bonchev–Trinajstić information content (AvgIpc) is 2.62. The Morgan fingerprint density at radius 3 is 2.30 bits per heavy atom. The van der Waals surface area contributed by atoms with Gasteiger partial charge >= 0.3 is 0 Å². The van der Waals surface area contributed by atoms with Gasteiger partial charge in [0.1, 0.15) is 5.69 Å². The molecule has 1 fully saturated rings. The minimum atomic E-state index is -0.397. The van der Waals surface area contributed by atoms with E-state index in [-0.39, 0.29) is 11.5 Å². The van der Waals surface area contributed by atoms with E-state index in [1.807, 2.05) is 11.0 Å². The topological polar surface area (TPSA) is 63.5 Å². The first kappa shape index (κ1) is 15.2. The van der Waals surface area contributed by atoms with Crippen LogP contribution in [0.1, 0.15) is 35.2 Å². The maximum atomic E-state index is 12.5. The maximum absolute atomic E-state index is 12.5. The van der Waals surface area contributed by atoms with Crippen LogP contribution in [0.4, 0.5) is 11.4 Å². The molecule has 1 heterocycles. The number of carbonyl (C=O) groups is 1. The van der Waals surface area contributed by atoms with Crippen LogP contribution >= 0.6 is 0 Å². The van der Waals surface area contributed by atoms with Gasteiger partial charge in [-0.25, -0.2) is 0 Å². The van der Waals surface area contributed by atoms with Gasteiger partial charge in [-0.3, -0.25) is 14.9 Å². The average molecular weight is 310 g/mol. The lowest BCUT2D eigenvalue weighted by atomic mass is 10.0. The normalized spacial score (nSPS) is 14.5. The second-order valence-electron chi connectivity index (χ2n) is 5.70. The Morgan fingerprint density at radius 2 is 1.65 bits per heavy atom. The van der Waals surface area contributed by atoms with Gasteiger partial charge in [-0.2, -0.15) is 0 Å². The van der Waals surface area contributed by atoms with Crippen molar-refractivity contribution in [2.75, 3.05) is 18.0 Å². The molecular weight excluding hydrogens is 292 g/mol. The van der Waals surface area contributed by atoms with E-state index in [4.69, 9.17) is 0 Å². The van der Waals surface area contributed by atoms with Crippen molar-refractivity contribution in [1.82, 2.24) is 0 Å². The Hall–Kier alpha value is -2.69. The van der Waals surface area contributed by atoms with Crippen molar-refractivity contribution < 1.29 is 9.72 Å². The van der Waals surface area contributed by atoms with Crippen molar-refractivity contribution in [3.8, 4) is 0 Å². The van der Waals surface area contributed by atoms with Gasteiger partial charge in [0.2, 0.25) is 0 Å². The molecule has 2 aromatic rings. The number of piperidine rings is 1. The highest BCUT2D eigenvalue weighted by atomic mass is 16.6. The smallest absolute Gasteiger partial charge is 0.293 e. The molecule has 3 rings (SSSR count). The summed E-state index contributed by atoms with van der Waals surface area (Å²) in [6.45, 7) is 1.65. The number of anilines is 1. The number of carbonyl (C=O) groups excluding carboxylic acids is 1. The number of hydrogen-bond donors (Lipinski definition) is 0. The van der Waals surface area contributed by atoms with Crippen LogP contribution in [0.3, 0.4) is 0 Å². The van der Waals surface area contributed by atoms with Gasteiger partial charge in [0.05, 0.1) is 4.92 Å². The second-order valence-corrected chi connectivity index (χ2v) is 5.70. The zero-order valence-electron chi connectivity index (χ0n) is 12.8. The van der Waals surface area contributed by atoms with Crippen LogP contribution in [-0.4, -0.2) is 23.8 Å². The molecule has 5 nitrogen and oxygen atoms in total. The van der Waals surface area contributed by atoms with Gasteiger partial charge in [0.25, 0.3) is 5.69 Å². The molecule has 2 aromatic carbocycles. The molecule has 0 radical (unpaired) electrons. The third-order valence-corrected chi connectivity index (χ3v) is 4.17. The summed E-state index contributed by atoms with van der Waals surface area (Å²) in [4.78, 5) is 25.6. The highest BCUT2D eigenvalue weighted by Crippen LogP contribution is 2.31. The fraction of sp³-hybridized carbons (Fsp3) is 0.278. The molecule has 0 unspecified atom stereocenters. The number of benzene rings is 2. The zero-order chi connectivity index (χ0) is 16.2. The van der Waals surface area contributed by atoms with E-state index in [1.54, 1.807) is 36.4 Å². The Morgan fingerprint density at radius 1 is 0.957 bits per heavy atom. The summed E-state index contributed by atoms with van der Waals surface area (Å²) in [6.07, 6.45) is 3.25. The Labute approximate surface area is 134 Å². The van der Waals surface area contributed by atoms with E-state index < -0.39 is 4.92 Å². The predicted molar refractivity (Wildman–Crippen MR) is 89.0 cm³/mol. The number of nitro groups is 1. The zero-order valence-corrected chi connectivity index (χ0v) is 12.8. The van der Waals surface area contributed by atoms with Crippen LogP contribution in [0, 0.1) is 10.1 Å². The van der Waals surface area contributed by atoms with Crippen LogP contribution in [-0.2, 0) is 0 Å². The van der Waals surface area contributed by atoms with Gasteiger partial charge in [-0.1, -0.05) is 30.3 Å². The van der Waals surface area contributed by atoms with E-state index in [0.717, 1.165) is 32.4 Å². The molecule has 1 aliphatic rings. The summed E-state index contributed by atoms with van der Waals surface area (Å²) in [6, 6.07) is 13.6. The summed E-state index contributed by atoms with van der Waals surface area (Å²) in [5, 5.41) is 11.4. The quantitative estimate of drug-likeness (QED) is 0.489. The number of ketones is 1. The summed E-state index contributed by atoms with van der Waals surface area (Å²) in [7, 11) is 0. The molecule has 5 heteroatoms. The third kappa shape index (κ3) is 3.23. The van der Waals surface area contributed by atoms with Gasteiger partial charge in [-0.15, -0.1) is 0 Å². The molecule has 1 aliphatic heterocycles. The van der Waals surface area contributed by atoms with Crippen LogP contribution in [0.5, 0.6) is 0 Å². The minimum Gasteiger partial charge on any atom is -0.366 e. The first-order chi connectivity index (χ1) is 11.2. The number of hydrogen-bond acceptors (Lipinski definition) is 4. The summed E-state index contributed by atoms with van der Waals surface area (Å²) in [5.41, 5.74) is 1.50. The number of rotatable bonds is 4. The Kier molecular flexibility index (Phi) is 4.37. The van der Waals surface area contributed by atoms with Crippen LogP contribution in [0.2, 0.25) is 0 Å². The first-order valence-electron chi connectivity index (χ1n) is 7.80. The second kappa shape index (κ2) is 6.60. The molecule has 118 valence electrons. The Bertz CT molecular complexity index is 722.